The van der Waals surface area contributed by atoms with E-state index in [0.29, 0.717) is 24.1 Å². The predicted octanol–water partition coefficient (Wildman–Crippen LogP) is 1.49. The summed E-state index contributed by atoms with van der Waals surface area (Å²) >= 11 is 0. The molecule has 0 unspecified atom stereocenters. The molecule has 2 aliphatic heterocycles. The number of anilines is 1. The Hall–Kier alpha value is -1.18. The molecule has 0 aliphatic carbocycles. The van der Waals surface area contributed by atoms with Crippen molar-refractivity contribution in [2.75, 3.05) is 24.7 Å². The van der Waals surface area contributed by atoms with E-state index in [2.05, 4.69) is 5.32 Å². The lowest BCUT2D eigenvalue weighted by molar-refractivity contribution is -0.122. The molecule has 1 fully saturated rings. The summed E-state index contributed by atoms with van der Waals surface area (Å²) in [6.07, 6.45) is 1.91. The van der Waals surface area contributed by atoms with E-state index < -0.39 is 15.4 Å². The fraction of sp³-hybridized carbons (Fsp3) is 0.462. The molecular formula is C13H16ClFN2O3S. The van der Waals surface area contributed by atoms with Crippen molar-refractivity contribution >= 4 is 34.0 Å². The zero-order valence-electron chi connectivity index (χ0n) is 11.4. The lowest BCUT2D eigenvalue weighted by Gasteiger charge is -2.36. The number of rotatable bonds is 1. The number of piperidine rings is 1. The van der Waals surface area contributed by atoms with Crippen LogP contribution in [0.5, 0.6) is 0 Å². The first-order valence-electron chi connectivity index (χ1n) is 6.39. The van der Waals surface area contributed by atoms with E-state index in [4.69, 9.17) is 0 Å². The summed E-state index contributed by atoms with van der Waals surface area (Å²) in [7, 11) is -3.25. The molecule has 1 N–H and O–H groups in total. The highest BCUT2D eigenvalue weighted by atomic mass is 35.5. The lowest BCUT2D eigenvalue weighted by Crippen LogP contribution is -2.48. The lowest BCUT2D eigenvalue weighted by atomic mass is 9.74. The van der Waals surface area contributed by atoms with Crippen LogP contribution < -0.4 is 5.32 Å². The average Bonchev–Trinajstić information content (AvgIpc) is 2.63. The van der Waals surface area contributed by atoms with E-state index in [1.807, 2.05) is 0 Å². The Morgan fingerprint density at radius 3 is 2.48 bits per heavy atom. The third kappa shape index (κ3) is 2.54. The smallest absolute Gasteiger partial charge is 0.235 e. The molecule has 1 spiro atoms. The van der Waals surface area contributed by atoms with Gasteiger partial charge in [-0.25, -0.2) is 17.1 Å². The van der Waals surface area contributed by atoms with Gasteiger partial charge in [-0.1, -0.05) is 0 Å². The Bertz CT molecular complexity index is 685. The van der Waals surface area contributed by atoms with E-state index in [0.717, 1.165) is 6.26 Å². The maximum Gasteiger partial charge on any atom is 0.235 e. The Kier molecular flexibility index (Phi) is 4.03. The van der Waals surface area contributed by atoms with Crippen LogP contribution in [0.1, 0.15) is 18.4 Å². The van der Waals surface area contributed by atoms with Gasteiger partial charge in [0.1, 0.15) is 5.82 Å². The fourth-order valence-electron chi connectivity index (χ4n) is 3.08. The monoisotopic (exact) mass is 334 g/mol. The number of sulfonamides is 1. The summed E-state index contributed by atoms with van der Waals surface area (Å²) in [5.41, 5.74) is 0.485. The van der Waals surface area contributed by atoms with E-state index in [9.17, 15) is 17.6 Å². The molecule has 0 aromatic heterocycles. The topological polar surface area (TPSA) is 66.5 Å². The molecule has 0 radical (unpaired) electrons. The molecule has 116 valence electrons. The second-order valence-corrected chi connectivity index (χ2v) is 7.37. The molecule has 3 rings (SSSR count). The molecule has 1 amide bonds. The number of amides is 1. The van der Waals surface area contributed by atoms with Crippen LogP contribution in [0.15, 0.2) is 18.2 Å². The van der Waals surface area contributed by atoms with Crippen LogP contribution in [-0.4, -0.2) is 38.0 Å². The largest absolute Gasteiger partial charge is 0.325 e. The first-order valence-corrected chi connectivity index (χ1v) is 8.24. The summed E-state index contributed by atoms with van der Waals surface area (Å²) in [4.78, 5) is 12.3. The van der Waals surface area contributed by atoms with Crippen LogP contribution in [0.2, 0.25) is 0 Å². The summed E-state index contributed by atoms with van der Waals surface area (Å²) in [5, 5.41) is 2.77. The quantitative estimate of drug-likeness (QED) is 0.846. The number of nitrogens with one attached hydrogen (secondary N) is 1. The zero-order chi connectivity index (χ0) is 14.5. The third-order valence-electron chi connectivity index (χ3n) is 4.23. The molecular weight excluding hydrogens is 319 g/mol. The Morgan fingerprint density at radius 1 is 1.29 bits per heavy atom. The number of halogens is 2. The maximum atomic E-state index is 13.4. The number of carbonyl (C=O) groups excluding carboxylic acids is 1. The summed E-state index contributed by atoms with van der Waals surface area (Å²) in [5.74, 6) is -0.545. The van der Waals surface area contributed by atoms with Crippen LogP contribution in [0.3, 0.4) is 0 Å². The van der Waals surface area contributed by atoms with Gasteiger partial charge in [0, 0.05) is 18.8 Å². The molecule has 0 atom stereocenters. The van der Waals surface area contributed by atoms with Crippen molar-refractivity contribution < 1.29 is 17.6 Å². The predicted molar refractivity (Wildman–Crippen MR) is 79.6 cm³/mol. The first-order chi connectivity index (χ1) is 9.33. The highest BCUT2D eigenvalue weighted by Crippen LogP contribution is 2.45. The molecule has 21 heavy (non-hydrogen) atoms. The van der Waals surface area contributed by atoms with E-state index >= 15 is 0 Å². The van der Waals surface area contributed by atoms with E-state index in [1.54, 1.807) is 6.07 Å². The summed E-state index contributed by atoms with van der Waals surface area (Å²) in [6, 6.07) is 4.24. The summed E-state index contributed by atoms with van der Waals surface area (Å²) < 4.78 is 37.9. The Morgan fingerprint density at radius 2 is 1.90 bits per heavy atom. The van der Waals surface area contributed by atoms with Gasteiger partial charge in [-0.2, -0.15) is 0 Å². The van der Waals surface area contributed by atoms with Crippen molar-refractivity contribution in [3.8, 4) is 0 Å². The molecule has 1 aromatic rings. The van der Waals surface area contributed by atoms with Crippen molar-refractivity contribution in [3.63, 3.8) is 0 Å². The van der Waals surface area contributed by atoms with Crippen molar-refractivity contribution in [3.05, 3.63) is 29.6 Å². The van der Waals surface area contributed by atoms with Gasteiger partial charge in [0.15, 0.2) is 0 Å². The number of fused-ring (bicyclic) bond motifs is 2. The SMILES string of the molecule is CS(=O)(=O)N1CCC2(CC1)C(=O)Nc1ccc(F)cc12.Cl. The van der Waals surface area contributed by atoms with Gasteiger partial charge in [-0.15, -0.1) is 12.4 Å². The molecule has 2 heterocycles. The second kappa shape index (κ2) is 5.23. The van der Waals surface area contributed by atoms with Gasteiger partial charge in [0.2, 0.25) is 15.9 Å². The number of benzene rings is 1. The van der Waals surface area contributed by atoms with Gasteiger partial charge in [-0.05, 0) is 36.6 Å². The second-order valence-electron chi connectivity index (χ2n) is 5.39. The van der Waals surface area contributed by atoms with Gasteiger partial charge in [0.05, 0.1) is 11.7 Å². The first kappa shape index (κ1) is 16.2. The number of nitrogens with zero attached hydrogens (tertiary/aromatic N) is 1. The number of carbonyl (C=O) groups is 1. The van der Waals surface area contributed by atoms with Crippen molar-refractivity contribution in [1.29, 1.82) is 0 Å². The normalized spacial score (nSPS) is 20.8. The van der Waals surface area contributed by atoms with Crippen molar-refractivity contribution in [2.24, 2.45) is 0 Å². The molecule has 1 saturated heterocycles. The summed E-state index contributed by atoms with van der Waals surface area (Å²) in [6.45, 7) is 0.560. The van der Waals surface area contributed by atoms with Crippen molar-refractivity contribution in [2.45, 2.75) is 18.3 Å². The van der Waals surface area contributed by atoms with E-state index in [1.165, 1.54) is 16.4 Å². The van der Waals surface area contributed by atoms with Crippen LogP contribution in [-0.2, 0) is 20.2 Å². The highest BCUT2D eigenvalue weighted by Gasteiger charge is 2.49. The van der Waals surface area contributed by atoms with Gasteiger partial charge in [0.25, 0.3) is 0 Å². The maximum absolute atomic E-state index is 13.4. The zero-order valence-corrected chi connectivity index (χ0v) is 13.1. The van der Waals surface area contributed by atoms with Gasteiger partial charge in [-0.3, -0.25) is 4.79 Å². The Labute approximate surface area is 129 Å². The minimum atomic E-state index is -3.25. The van der Waals surface area contributed by atoms with Crippen LogP contribution in [0, 0.1) is 5.82 Å². The van der Waals surface area contributed by atoms with Gasteiger partial charge < -0.3 is 5.32 Å². The highest BCUT2D eigenvalue weighted by molar-refractivity contribution is 7.88. The average molecular weight is 335 g/mol. The fourth-order valence-corrected chi connectivity index (χ4v) is 3.93. The minimum Gasteiger partial charge on any atom is -0.325 e. The van der Waals surface area contributed by atoms with E-state index in [-0.39, 0.29) is 37.2 Å². The third-order valence-corrected chi connectivity index (χ3v) is 5.53. The molecule has 0 bridgehead atoms. The molecule has 5 nitrogen and oxygen atoms in total. The number of hydrogen-bond donors (Lipinski definition) is 1. The molecule has 8 heteroatoms. The Balaban J connectivity index is 0.00000161. The molecule has 1 aromatic carbocycles. The van der Waals surface area contributed by atoms with Crippen LogP contribution in [0.25, 0.3) is 0 Å². The standard InChI is InChI=1S/C13H15FN2O3S.ClH/c1-20(18,19)16-6-4-13(5-7-16)10-8-9(14)2-3-11(10)15-12(13)17;/h2-3,8H,4-7H2,1H3,(H,15,17);1H. The van der Waals surface area contributed by atoms with Crippen LogP contribution in [0.4, 0.5) is 10.1 Å². The minimum absolute atomic E-state index is 0. The van der Waals surface area contributed by atoms with Gasteiger partial charge >= 0.3 is 0 Å². The molecule has 2 aliphatic rings. The van der Waals surface area contributed by atoms with Crippen molar-refractivity contribution in [1.82, 2.24) is 4.31 Å². The molecule has 0 saturated carbocycles. The number of hydrogen-bond acceptors (Lipinski definition) is 3. The van der Waals surface area contributed by atoms with Crippen LogP contribution >= 0.6 is 12.4 Å².